The fraction of sp³-hybridized carbons (Fsp3) is 0.400. The first-order chi connectivity index (χ1) is 13.8. The van der Waals surface area contributed by atoms with E-state index in [1.165, 1.54) is 12.1 Å². The largest absolute Gasteiger partial charge is 0.374 e. The van der Waals surface area contributed by atoms with E-state index >= 15 is 4.39 Å². The smallest absolute Gasteiger partial charge is 0.277 e. The van der Waals surface area contributed by atoms with Crippen LogP contribution >= 0.6 is 27.5 Å². The van der Waals surface area contributed by atoms with Crippen molar-refractivity contribution in [2.24, 2.45) is 11.1 Å². The topological polar surface area (TPSA) is 72.0 Å². The van der Waals surface area contributed by atoms with Crippen molar-refractivity contribution in [3.63, 3.8) is 0 Å². The molecule has 2 N–H and O–H groups in total. The number of allylic oxidation sites excluding steroid dienone is 2. The van der Waals surface area contributed by atoms with Gasteiger partial charge in [-0.15, -0.1) is 0 Å². The second kappa shape index (κ2) is 9.73. The third-order valence-electron chi connectivity index (χ3n) is 4.33. The van der Waals surface area contributed by atoms with Crippen molar-refractivity contribution in [3.05, 3.63) is 45.2 Å². The van der Waals surface area contributed by atoms with Gasteiger partial charge >= 0.3 is 0 Å². The normalized spacial score (nSPS) is 18.4. The molecule has 2 aliphatic rings. The van der Waals surface area contributed by atoms with Gasteiger partial charge in [0, 0.05) is 9.51 Å². The van der Waals surface area contributed by atoms with Crippen molar-refractivity contribution < 1.29 is 18.9 Å². The molecular weight excluding hydrogens is 465 g/mol. The van der Waals surface area contributed by atoms with Crippen molar-refractivity contribution in [1.29, 1.82) is 0 Å². The molecule has 9 heteroatoms. The van der Waals surface area contributed by atoms with Crippen LogP contribution in [0.1, 0.15) is 43.5 Å². The highest BCUT2D eigenvalue weighted by atomic mass is 79.9. The second-order valence-corrected chi connectivity index (χ2v) is 8.52. The van der Waals surface area contributed by atoms with Crippen molar-refractivity contribution in [2.75, 3.05) is 11.9 Å². The van der Waals surface area contributed by atoms with Gasteiger partial charge in [-0.3, -0.25) is 9.63 Å². The van der Waals surface area contributed by atoms with E-state index in [0.717, 1.165) is 17.3 Å². The van der Waals surface area contributed by atoms with E-state index in [-0.39, 0.29) is 17.0 Å². The number of halogens is 3. The maximum atomic E-state index is 15.2. The molecule has 0 bridgehead atoms. The Morgan fingerprint density at radius 1 is 1.38 bits per heavy atom. The second-order valence-electron chi connectivity index (χ2n) is 7.17. The molecule has 1 amide bonds. The number of nitrogens with zero attached hydrogens (tertiary/aromatic N) is 1. The average molecular weight is 487 g/mol. The molecule has 2 aliphatic carbocycles. The summed E-state index contributed by atoms with van der Waals surface area (Å²) in [6.45, 7) is 3.90. The molecule has 1 aromatic carbocycles. The number of nitrogens with one attached hydrogen (secondary N) is 2. The van der Waals surface area contributed by atoms with Gasteiger partial charge in [-0.1, -0.05) is 38.8 Å². The molecule has 0 aromatic heterocycles. The van der Waals surface area contributed by atoms with Crippen LogP contribution in [0, 0.1) is 11.7 Å². The van der Waals surface area contributed by atoms with Gasteiger partial charge in [-0.05, 0) is 57.2 Å². The van der Waals surface area contributed by atoms with E-state index < -0.39 is 17.8 Å². The Morgan fingerprint density at radius 2 is 2.14 bits per heavy atom. The molecule has 1 unspecified atom stereocenters. The molecule has 29 heavy (non-hydrogen) atoms. The minimum absolute atomic E-state index is 0.0260. The molecule has 0 aliphatic heterocycles. The predicted octanol–water partition coefficient (Wildman–Crippen LogP) is 5.26. The number of carbonyl (C=O) groups excluding carboxylic acids is 1. The summed E-state index contributed by atoms with van der Waals surface area (Å²) in [4.78, 5) is 23.0. The Labute approximate surface area is 182 Å². The molecule has 156 valence electrons. The average Bonchev–Trinajstić information content (AvgIpc) is 3.48. The summed E-state index contributed by atoms with van der Waals surface area (Å²) >= 11 is 9.67. The molecule has 0 spiro atoms. The number of oxime groups is 1. The number of hydrogen-bond donors (Lipinski definition) is 2. The third-order valence-corrected chi connectivity index (χ3v) is 5.26. The van der Waals surface area contributed by atoms with Crippen LogP contribution in [0.3, 0.4) is 0 Å². The van der Waals surface area contributed by atoms with E-state index in [0.29, 0.717) is 29.7 Å². The molecule has 0 saturated heterocycles. The zero-order chi connectivity index (χ0) is 21.0. The minimum Gasteiger partial charge on any atom is -0.374 e. The number of rotatable bonds is 8. The van der Waals surface area contributed by atoms with Gasteiger partial charge in [-0.2, -0.15) is 0 Å². The van der Waals surface area contributed by atoms with Gasteiger partial charge in [0.15, 0.2) is 11.6 Å². The Hall–Kier alpha value is -1.90. The van der Waals surface area contributed by atoms with Crippen molar-refractivity contribution in [2.45, 2.75) is 39.2 Å². The highest BCUT2D eigenvalue weighted by molar-refractivity contribution is 9.11. The fourth-order valence-corrected chi connectivity index (χ4v) is 3.43. The number of amides is 1. The molecule has 3 rings (SSSR count). The van der Waals surface area contributed by atoms with E-state index in [2.05, 4.69) is 31.9 Å². The summed E-state index contributed by atoms with van der Waals surface area (Å²) in [6, 6.07) is 2.43. The van der Waals surface area contributed by atoms with Gasteiger partial charge in [0.1, 0.15) is 0 Å². The van der Waals surface area contributed by atoms with Crippen molar-refractivity contribution in [1.82, 2.24) is 5.48 Å². The Kier molecular flexibility index (Phi) is 7.32. The minimum atomic E-state index is -0.733. The molecule has 1 aromatic rings. The Morgan fingerprint density at radius 3 is 2.79 bits per heavy atom. The highest BCUT2D eigenvalue weighted by Crippen LogP contribution is 2.33. The number of anilines is 1. The van der Waals surface area contributed by atoms with Gasteiger partial charge in [0.25, 0.3) is 5.91 Å². The maximum absolute atomic E-state index is 15.2. The van der Waals surface area contributed by atoms with Crippen LogP contribution in [0.2, 0.25) is 0 Å². The van der Waals surface area contributed by atoms with E-state index in [9.17, 15) is 4.79 Å². The quantitative estimate of drug-likeness (QED) is 0.388. The molecule has 1 atom stereocenters. The van der Waals surface area contributed by atoms with Crippen LogP contribution in [0.5, 0.6) is 5.75 Å². The van der Waals surface area contributed by atoms with E-state index in [4.69, 9.17) is 21.3 Å². The zero-order valence-corrected chi connectivity index (χ0v) is 18.4. The number of benzene rings is 1. The van der Waals surface area contributed by atoms with Crippen LogP contribution < -0.4 is 15.6 Å². The number of hydrogen-bond acceptors (Lipinski definition) is 5. The summed E-state index contributed by atoms with van der Waals surface area (Å²) in [5, 5.41) is 7.30. The van der Waals surface area contributed by atoms with E-state index in [1.54, 1.807) is 19.9 Å². The number of carbonyl (C=O) groups is 1. The summed E-state index contributed by atoms with van der Waals surface area (Å²) in [6.07, 6.45) is 6.34. The van der Waals surface area contributed by atoms with Crippen LogP contribution in [-0.4, -0.2) is 24.3 Å². The predicted molar refractivity (Wildman–Crippen MR) is 115 cm³/mol. The summed E-state index contributed by atoms with van der Waals surface area (Å²) in [5.74, 6) is -0.909. The Balaban J connectivity index is 1.85. The molecule has 6 nitrogen and oxygen atoms in total. The van der Waals surface area contributed by atoms with Crippen LogP contribution in [0.15, 0.2) is 39.0 Å². The number of hydroxylamine groups is 1. The molecule has 0 radical (unpaired) electrons. The van der Waals surface area contributed by atoms with Crippen molar-refractivity contribution in [3.8, 4) is 5.75 Å². The Bertz CT molecular complexity index is 880. The monoisotopic (exact) mass is 485 g/mol. The van der Waals surface area contributed by atoms with Crippen LogP contribution in [0.25, 0.3) is 0 Å². The molecular formula is C20H22BrClFN3O3. The first-order valence-electron chi connectivity index (χ1n) is 9.27. The summed E-state index contributed by atoms with van der Waals surface area (Å²) in [5.41, 5.74) is 3.07. The standard InChI is InChI=1S/C20H22BrClFN3O3/c1-11(2)25-29-17-8-6-14(20(27)26-28-10-12-3-4-12)19(18(17)23)24-16-7-5-13(21)9-15(16)22/h5-6,8-9,12,16,24H,3-4,7,10H2,1-2H3,(H,26,27). The van der Waals surface area contributed by atoms with Crippen molar-refractivity contribution >= 4 is 44.8 Å². The maximum Gasteiger partial charge on any atom is 0.277 e. The molecule has 1 fully saturated rings. The van der Waals surface area contributed by atoms with Crippen LogP contribution in [-0.2, 0) is 4.84 Å². The van der Waals surface area contributed by atoms with Crippen LogP contribution in [0.4, 0.5) is 10.1 Å². The lowest BCUT2D eigenvalue weighted by Gasteiger charge is -2.23. The van der Waals surface area contributed by atoms with Gasteiger partial charge < -0.3 is 10.2 Å². The lowest BCUT2D eigenvalue weighted by atomic mass is 10.1. The van der Waals surface area contributed by atoms with E-state index in [1.807, 2.05) is 6.08 Å². The lowest BCUT2D eigenvalue weighted by molar-refractivity contribution is 0.0270. The van der Waals surface area contributed by atoms with Gasteiger partial charge in [0.05, 0.1) is 29.6 Å². The lowest BCUT2D eigenvalue weighted by Crippen LogP contribution is -2.28. The summed E-state index contributed by atoms with van der Waals surface area (Å²) < 4.78 is 16.0. The highest BCUT2D eigenvalue weighted by Gasteiger charge is 2.26. The van der Waals surface area contributed by atoms with Gasteiger partial charge in [0.2, 0.25) is 0 Å². The summed E-state index contributed by atoms with van der Waals surface area (Å²) in [7, 11) is 0. The first-order valence-corrected chi connectivity index (χ1v) is 10.4. The SMILES string of the molecule is CC(C)=NOc1ccc(C(=O)NOCC2CC2)c(NC2CC=C(Br)C=C2Cl)c1F. The fourth-order valence-electron chi connectivity index (χ4n) is 2.60. The zero-order valence-electron chi connectivity index (χ0n) is 16.1. The van der Waals surface area contributed by atoms with Gasteiger partial charge in [-0.25, -0.2) is 9.87 Å². The molecule has 1 saturated carbocycles. The third kappa shape index (κ3) is 6.04. The molecule has 0 heterocycles. The first kappa shape index (κ1) is 21.8.